The van der Waals surface area contributed by atoms with Crippen molar-refractivity contribution in [1.82, 2.24) is 5.32 Å². The van der Waals surface area contributed by atoms with Gasteiger partial charge in [0.15, 0.2) is 0 Å². The molecule has 1 aliphatic rings. The van der Waals surface area contributed by atoms with E-state index in [-0.39, 0.29) is 29.5 Å². The van der Waals surface area contributed by atoms with Crippen LogP contribution < -0.4 is 10.6 Å². The lowest BCUT2D eigenvalue weighted by molar-refractivity contribution is -0.125. The maximum absolute atomic E-state index is 13.6. The quantitative estimate of drug-likeness (QED) is 0.801. The summed E-state index contributed by atoms with van der Waals surface area (Å²) in [7, 11) is 0. The molecule has 2 aromatic rings. The van der Waals surface area contributed by atoms with E-state index < -0.39 is 0 Å². The topological polar surface area (TPSA) is 58.2 Å². The van der Waals surface area contributed by atoms with Crippen LogP contribution in [0.25, 0.3) is 0 Å². The second-order valence-corrected chi connectivity index (χ2v) is 6.58. The SMILES string of the molecule is CCc1ccccc1NC(=O)C1CC1C(=O)NCCc1ccccc1F. The first kappa shape index (κ1) is 18.1. The van der Waals surface area contributed by atoms with Crippen molar-refractivity contribution >= 4 is 17.5 Å². The number of anilines is 1. The van der Waals surface area contributed by atoms with Crippen LogP contribution in [0.5, 0.6) is 0 Å². The molecule has 2 aromatic carbocycles. The Kier molecular flexibility index (Phi) is 5.66. The monoisotopic (exact) mass is 354 g/mol. The van der Waals surface area contributed by atoms with Gasteiger partial charge in [-0.2, -0.15) is 0 Å². The Balaban J connectivity index is 1.46. The number of halogens is 1. The number of hydrogen-bond acceptors (Lipinski definition) is 2. The normalized spacial score (nSPS) is 18.2. The summed E-state index contributed by atoms with van der Waals surface area (Å²) >= 11 is 0. The van der Waals surface area contributed by atoms with E-state index >= 15 is 0 Å². The van der Waals surface area contributed by atoms with Crippen molar-refractivity contribution in [3.63, 3.8) is 0 Å². The smallest absolute Gasteiger partial charge is 0.228 e. The van der Waals surface area contributed by atoms with Crippen LogP contribution in [0, 0.1) is 17.7 Å². The van der Waals surface area contributed by atoms with Gasteiger partial charge in [-0.1, -0.05) is 43.3 Å². The van der Waals surface area contributed by atoms with E-state index in [0.29, 0.717) is 24.9 Å². The minimum absolute atomic E-state index is 0.111. The molecule has 1 aliphatic carbocycles. The van der Waals surface area contributed by atoms with E-state index in [1.807, 2.05) is 31.2 Å². The summed E-state index contributed by atoms with van der Waals surface area (Å²) in [6.45, 7) is 2.40. The van der Waals surface area contributed by atoms with Crippen molar-refractivity contribution < 1.29 is 14.0 Å². The summed E-state index contributed by atoms with van der Waals surface area (Å²) in [5.41, 5.74) is 2.46. The molecule has 1 fully saturated rings. The number of nitrogens with one attached hydrogen (secondary N) is 2. The number of benzene rings is 2. The van der Waals surface area contributed by atoms with Gasteiger partial charge in [0.1, 0.15) is 5.82 Å². The Morgan fingerprint density at radius 2 is 1.65 bits per heavy atom. The molecular weight excluding hydrogens is 331 g/mol. The molecule has 2 N–H and O–H groups in total. The molecule has 0 bridgehead atoms. The fourth-order valence-electron chi connectivity index (χ4n) is 3.10. The van der Waals surface area contributed by atoms with Gasteiger partial charge in [0.05, 0.1) is 11.8 Å². The molecular formula is C21H23FN2O2. The summed E-state index contributed by atoms with van der Waals surface area (Å²) in [5, 5.41) is 5.74. The van der Waals surface area contributed by atoms with Crippen LogP contribution in [-0.2, 0) is 22.4 Å². The third-order valence-electron chi connectivity index (χ3n) is 4.77. The number of para-hydroxylation sites is 1. The number of rotatable bonds is 7. The van der Waals surface area contributed by atoms with Crippen molar-refractivity contribution in [2.24, 2.45) is 11.8 Å². The third-order valence-corrected chi connectivity index (χ3v) is 4.77. The molecule has 136 valence electrons. The Labute approximate surface area is 152 Å². The Hall–Kier alpha value is -2.69. The fraction of sp³-hybridized carbons (Fsp3) is 0.333. The number of aryl methyl sites for hydroxylation is 1. The van der Waals surface area contributed by atoms with E-state index in [1.54, 1.807) is 18.2 Å². The lowest BCUT2D eigenvalue weighted by Crippen LogP contribution is -2.29. The number of carbonyl (C=O) groups excluding carboxylic acids is 2. The molecule has 0 aliphatic heterocycles. The first-order valence-corrected chi connectivity index (χ1v) is 9.00. The van der Waals surface area contributed by atoms with Crippen molar-refractivity contribution in [3.05, 3.63) is 65.5 Å². The molecule has 2 atom stereocenters. The molecule has 4 nitrogen and oxygen atoms in total. The summed E-state index contributed by atoms with van der Waals surface area (Å²) in [5.74, 6) is -1.08. The van der Waals surface area contributed by atoms with Crippen molar-refractivity contribution in [3.8, 4) is 0 Å². The first-order chi connectivity index (χ1) is 12.6. The molecule has 5 heteroatoms. The third kappa shape index (κ3) is 4.28. The molecule has 3 rings (SSSR count). The zero-order chi connectivity index (χ0) is 18.5. The maximum atomic E-state index is 13.6. The van der Waals surface area contributed by atoms with Crippen LogP contribution in [0.4, 0.5) is 10.1 Å². The number of hydrogen-bond donors (Lipinski definition) is 2. The minimum Gasteiger partial charge on any atom is -0.356 e. The van der Waals surface area contributed by atoms with E-state index in [0.717, 1.165) is 17.7 Å². The standard InChI is InChI=1S/C21H23FN2O2/c1-2-14-7-4-6-10-19(14)24-21(26)17-13-16(17)20(25)23-12-11-15-8-3-5-9-18(15)22/h3-10,16-17H,2,11-13H2,1H3,(H,23,25)(H,24,26). The average Bonchev–Trinajstić information content (AvgIpc) is 3.45. The minimum atomic E-state index is -0.288. The van der Waals surface area contributed by atoms with Gasteiger partial charge in [-0.15, -0.1) is 0 Å². The second-order valence-electron chi connectivity index (χ2n) is 6.58. The van der Waals surface area contributed by atoms with Gasteiger partial charge >= 0.3 is 0 Å². The van der Waals surface area contributed by atoms with Crippen LogP contribution in [0.2, 0.25) is 0 Å². The van der Waals surface area contributed by atoms with E-state index in [4.69, 9.17) is 0 Å². The van der Waals surface area contributed by atoms with Crippen LogP contribution >= 0.6 is 0 Å². The zero-order valence-corrected chi connectivity index (χ0v) is 14.8. The molecule has 2 unspecified atom stereocenters. The Bertz CT molecular complexity index is 806. The predicted octanol–water partition coefficient (Wildman–Crippen LogP) is 3.32. The summed E-state index contributed by atoms with van der Waals surface area (Å²) in [4.78, 5) is 24.5. The molecule has 2 amide bonds. The molecule has 0 aromatic heterocycles. The largest absolute Gasteiger partial charge is 0.356 e. The van der Waals surface area contributed by atoms with Crippen LogP contribution in [0.15, 0.2) is 48.5 Å². The lowest BCUT2D eigenvalue weighted by atomic mass is 10.1. The predicted molar refractivity (Wildman–Crippen MR) is 99.2 cm³/mol. The molecule has 0 saturated heterocycles. The van der Waals surface area contributed by atoms with Crippen LogP contribution in [0.1, 0.15) is 24.5 Å². The van der Waals surface area contributed by atoms with Gasteiger partial charge in [-0.3, -0.25) is 9.59 Å². The van der Waals surface area contributed by atoms with Gasteiger partial charge < -0.3 is 10.6 Å². The molecule has 26 heavy (non-hydrogen) atoms. The Morgan fingerprint density at radius 1 is 1.00 bits per heavy atom. The lowest BCUT2D eigenvalue weighted by Gasteiger charge is -2.09. The van der Waals surface area contributed by atoms with Gasteiger partial charge in [-0.05, 0) is 42.5 Å². The molecule has 1 saturated carbocycles. The van der Waals surface area contributed by atoms with Crippen LogP contribution in [0.3, 0.4) is 0 Å². The Morgan fingerprint density at radius 3 is 2.38 bits per heavy atom. The highest BCUT2D eigenvalue weighted by atomic mass is 19.1. The maximum Gasteiger partial charge on any atom is 0.228 e. The van der Waals surface area contributed by atoms with Gasteiger partial charge in [0.25, 0.3) is 0 Å². The number of amides is 2. The molecule has 0 heterocycles. The van der Waals surface area contributed by atoms with Gasteiger partial charge in [0, 0.05) is 12.2 Å². The van der Waals surface area contributed by atoms with Gasteiger partial charge in [0.2, 0.25) is 11.8 Å². The highest BCUT2D eigenvalue weighted by Gasteiger charge is 2.47. The van der Waals surface area contributed by atoms with Crippen molar-refractivity contribution in [2.45, 2.75) is 26.2 Å². The van der Waals surface area contributed by atoms with Crippen molar-refractivity contribution in [1.29, 1.82) is 0 Å². The summed E-state index contributed by atoms with van der Waals surface area (Å²) < 4.78 is 13.6. The zero-order valence-electron chi connectivity index (χ0n) is 14.8. The van der Waals surface area contributed by atoms with E-state index in [2.05, 4.69) is 10.6 Å². The first-order valence-electron chi connectivity index (χ1n) is 9.00. The second kappa shape index (κ2) is 8.13. The summed E-state index contributed by atoms with van der Waals surface area (Å²) in [6.07, 6.45) is 1.83. The van der Waals surface area contributed by atoms with Crippen LogP contribution in [-0.4, -0.2) is 18.4 Å². The number of carbonyl (C=O) groups is 2. The van der Waals surface area contributed by atoms with E-state index in [1.165, 1.54) is 6.07 Å². The molecule has 0 spiro atoms. The summed E-state index contributed by atoms with van der Waals surface area (Å²) in [6, 6.07) is 14.2. The molecule has 0 radical (unpaired) electrons. The highest BCUT2D eigenvalue weighted by molar-refractivity contribution is 5.99. The fourth-order valence-corrected chi connectivity index (χ4v) is 3.10. The van der Waals surface area contributed by atoms with E-state index in [9.17, 15) is 14.0 Å². The average molecular weight is 354 g/mol. The van der Waals surface area contributed by atoms with Crippen molar-refractivity contribution in [2.75, 3.05) is 11.9 Å². The highest BCUT2D eigenvalue weighted by Crippen LogP contribution is 2.39. The van der Waals surface area contributed by atoms with Gasteiger partial charge in [-0.25, -0.2) is 4.39 Å².